The molecule has 4 N–H and O–H groups in total. The summed E-state index contributed by atoms with van der Waals surface area (Å²) in [7, 11) is 0. The zero-order chi connectivity index (χ0) is 12.4. The topological polar surface area (TPSA) is 87.7 Å². The molecule has 90 valence electrons. The standard InChI is InChI=1S/C11H12ClN3O2/c12-7-3-4-8(10(13)15-17)9(5-7)14-11(16)6-1-2-6/h3-6,17H,1-2H2,(H2,13,15)(H,14,16). The highest BCUT2D eigenvalue weighted by atomic mass is 35.5. The average Bonchev–Trinajstić information content (AvgIpc) is 3.12. The highest BCUT2D eigenvalue weighted by Gasteiger charge is 2.30. The lowest BCUT2D eigenvalue weighted by molar-refractivity contribution is -0.117. The molecule has 0 unspecified atom stereocenters. The summed E-state index contributed by atoms with van der Waals surface area (Å²) in [6.45, 7) is 0. The first kappa shape index (κ1) is 11.7. The van der Waals surface area contributed by atoms with Crippen LogP contribution in [0.4, 0.5) is 5.69 Å². The van der Waals surface area contributed by atoms with Crippen LogP contribution in [0, 0.1) is 5.92 Å². The minimum atomic E-state index is -0.0623. The predicted octanol–water partition coefficient (Wildman–Crippen LogP) is 1.78. The molecule has 0 atom stereocenters. The lowest BCUT2D eigenvalue weighted by Gasteiger charge is -2.10. The predicted molar refractivity (Wildman–Crippen MR) is 65.3 cm³/mol. The van der Waals surface area contributed by atoms with Gasteiger partial charge in [-0.3, -0.25) is 4.79 Å². The molecule has 0 aromatic heterocycles. The van der Waals surface area contributed by atoms with Crippen molar-refractivity contribution in [2.75, 3.05) is 5.32 Å². The number of hydrogen-bond donors (Lipinski definition) is 3. The van der Waals surface area contributed by atoms with Crippen LogP contribution in [0.3, 0.4) is 0 Å². The number of nitrogens with two attached hydrogens (primary N) is 1. The van der Waals surface area contributed by atoms with Gasteiger partial charge in [-0.1, -0.05) is 16.8 Å². The second-order valence-corrected chi connectivity index (χ2v) is 4.38. The summed E-state index contributed by atoms with van der Waals surface area (Å²) >= 11 is 5.85. The molecular formula is C11H12ClN3O2. The van der Waals surface area contributed by atoms with E-state index in [4.69, 9.17) is 22.5 Å². The number of nitrogens with one attached hydrogen (secondary N) is 1. The van der Waals surface area contributed by atoms with Gasteiger partial charge in [0.2, 0.25) is 5.91 Å². The van der Waals surface area contributed by atoms with Crippen molar-refractivity contribution in [1.29, 1.82) is 0 Å². The quantitative estimate of drug-likeness (QED) is 0.332. The van der Waals surface area contributed by atoms with E-state index in [1.54, 1.807) is 18.2 Å². The van der Waals surface area contributed by atoms with Crippen molar-refractivity contribution in [1.82, 2.24) is 0 Å². The van der Waals surface area contributed by atoms with Crippen LogP contribution >= 0.6 is 11.6 Å². The maximum absolute atomic E-state index is 11.7. The Bertz CT molecular complexity index is 484. The van der Waals surface area contributed by atoms with Gasteiger partial charge in [-0.2, -0.15) is 0 Å². The monoisotopic (exact) mass is 253 g/mol. The Morgan fingerprint density at radius 2 is 2.24 bits per heavy atom. The van der Waals surface area contributed by atoms with Gasteiger partial charge in [0.15, 0.2) is 5.84 Å². The summed E-state index contributed by atoms with van der Waals surface area (Å²) in [5, 5.41) is 14.8. The molecule has 1 amide bonds. The molecule has 0 heterocycles. The van der Waals surface area contributed by atoms with E-state index >= 15 is 0 Å². The molecule has 2 rings (SSSR count). The Balaban J connectivity index is 2.29. The minimum Gasteiger partial charge on any atom is -0.409 e. The maximum Gasteiger partial charge on any atom is 0.227 e. The van der Waals surface area contributed by atoms with Gasteiger partial charge >= 0.3 is 0 Å². The van der Waals surface area contributed by atoms with Crippen molar-refractivity contribution < 1.29 is 10.0 Å². The minimum absolute atomic E-state index is 0.0562. The van der Waals surface area contributed by atoms with E-state index < -0.39 is 0 Å². The largest absolute Gasteiger partial charge is 0.409 e. The number of carbonyl (C=O) groups excluding carboxylic acids is 1. The Morgan fingerprint density at radius 3 is 2.82 bits per heavy atom. The van der Waals surface area contributed by atoms with Gasteiger partial charge in [0.05, 0.1) is 5.69 Å². The summed E-state index contributed by atoms with van der Waals surface area (Å²) < 4.78 is 0. The van der Waals surface area contributed by atoms with Gasteiger partial charge < -0.3 is 16.3 Å². The van der Waals surface area contributed by atoms with Crippen molar-refractivity contribution >= 4 is 29.0 Å². The van der Waals surface area contributed by atoms with Crippen molar-refractivity contribution in [2.45, 2.75) is 12.8 Å². The smallest absolute Gasteiger partial charge is 0.227 e. The van der Waals surface area contributed by atoms with Gasteiger partial charge in [-0.05, 0) is 31.0 Å². The van der Waals surface area contributed by atoms with Crippen molar-refractivity contribution in [3.63, 3.8) is 0 Å². The molecular weight excluding hydrogens is 242 g/mol. The van der Waals surface area contributed by atoms with Gasteiger partial charge in [0.25, 0.3) is 0 Å². The van der Waals surface area contributed by atoms with Crippen molar-refractivity contribution in [2.24, 2.45) is 16.8 Å². The van der Waals surface area contributed by atoms with Crippen molar-refractivity contribution in [3.8, 4) is 0 Å². The maximum atomic E-state index is 11.7. The molecule has 0 radical (unpaired) electrons. The Hall–Kier alpha value is -1.75. The number of nitrogens with zero attached hydrogens (tertiary/aromatic N) is 1. The second-order valence-electron chi connectivity index (χ2n) is 3.94. The number of hydrogen-bond acceptors (Lipinski definition) is 3. The third-order valence-corrected chi connectivity index (χ3v) is 2.81. The fourth-order valence-electron chi connectivity index (χ4n) is 1.48. The van der Waals surface area contributed by atoms with E-state index in [1.807, 2.05) is 0 Å². The molecule has 17 heavy (non-hydrogen) atoms. The number of rotatable bonds is 3. The van der Waals surface area contributed by atoms with Gasteiger partial charge in [-0.25, -0.2) is 0 Å². The third kappa shape index (κ3) is 2.68. The summed E-state index contributed by atoms with van der Waals surface area (Å²) in [5.41, 5.74) is 6.43. The molecule has 5 nitrogen and oxygen atoms in total. The van der Waals surface area contributed by atoms with Gasteiger partial charge in [0, 0.05) is 16.5 Å². The molecule has 0 saturated heterocycles. The summed E-state index contributed by atoms with van der Waals surface area (Å²) in [6.07, 6.45) is 1.82. The number of oxime groups is 1. The van der Waals surface area contributed by atoms with Gasteiger partial charge in [0.1, 0.15) is 0 Å². The summed E-state index contributed by atoms with van der Waals surface area (Å²) in [6, 6.07) is 4.79. The number of benzene rings is 1. The highest BCUT2D eigenvalue weighted by Crippen LogP contribution is 2.31. The zero-order valence-corrected chi connectivity index (χ0v) is 9.74. The molecule has 0 aliphatic heterocycles. The Kier molecular flexibility index (Phi) is 3.19. The first-order valence-corrected chi connectivity index (χ1v) is 5.58. The number of amidine groups is 1. The van der Waals surface area contributed by atoms with Crippen molar-refractivity contribution in [3.05, 3.63) is 28.8 Å². The molecule has 0 bridgehead atoms. The highest BCUT2D eigenvalue weighted by molar-refractivity contribution is 6.31. The fraction of sp³-hybridized carbons (Fsp3) is 0.273. The van der Waals surface area contributed by atoms with E-state index in [2.05, 4.69) is 10.5 Å². The number of anilines is 1. The second kappa shape index (κ2) is 4.63. The zero-order valence-electron chi connectivity index (χ0n) is 8.98. The first-order chi connectivity index (χ1) is 8.11. The van der Waals surface area contributed by atoms with E-state index in [0.717, 1.165) is 12.8 Å². The molecule has 1 aromatic rings. The lowest BCUT2D eigenvalue weighted by atomic mass is 10.1. The van der Waals surface area contributed by atoms with E-state index in [1.165, 1.54) is 0 Å². The Morgan fingerprint density at radius 1 is 1.53 bits per heavy atom. The molecule has 1 aliphatic rings. The molecule has 1 saturated carbocycles. The summed E-state index contributed by atoms with van der Waals surface area (Å²) in [4.78, 5) is 11.7. The Labute approximate surface area is 103 Å². The van der Waals surface area contributed by atoms with E-state index in [0.29, 0.717) is 16.3 Å². The molecule has 6 heteroatoms. The average molecular weight is 254 g/mol. The number of halogens is 1. The first-order valence-electron chi connectivity index (χ1n) is 5.20. The molecule has 0 spiro atoms. The van der Waals surface area contributed by atoms with Crippen LogP contribution in [0.1, 0.15) is 18.4 Å². The van der Waals surface area contributed by atoms with Crippen LogP contribution in [0.25, 0.3) is 0 Å². The summed E-state index contributed by atoms with van der Waals surface area (Å²) in [5.74, 6) is -0.0406. The van der Waals surface area contributed by atoms with Crippen LogP contribution in [0.15, 0.2) is 23.4 Å². The van der Waals surface area contributed by atoms with Gasteiger partial charge in [-0.15, -0.1) is 0 Å². The SMILES string of the molecule is NC(=NO)c1ccc(Cl)cc1NC(=O)C1CC1. The third-order valence-electron chi connectivity index (χ3n) is 2.57. The van der Waals surface area contributed by atoms with E-state index in [-0.39, 0.29) is 17.7 Å². The van der Waals surface area contributed by atoms with Crippen LogP contribution in [-0.4, -0.2) is 17.0 Å². The molecule has 1 aliphatic carbocycles. The van der Waals surface area contributed by atoms with Crippen LogP contribution in [0.5, 0.6) is 0 Å². The number of amides is 1. The number of carbonyl (C=O) groups is 1. The molecule has 1 fully saturated rings. The van der Waals surface area contributed by atoms with Crippen LogP contribution < -0.4 is 11.1 Å². The van der Waals surface area contributed by atoms with E-state index in [9.17, 15) is 4.79 Å². The van der Waals surface area contributed by atoms with Crippen LogP contribution in [-0.2, 0) is 4.79 Å². The van der Waals surface area contributed by atoms with Crippen LogP contribution in [0.2, 0.25) is 5.02 Å². The molecule has 1 aromatic carbocycles. The lowest BCUT2D eigenvalue weighted by Crippen LogP contribution is -2.19. The normalized spacial score (nSPS) is 15.7. The fourth-order valence-corrected chi connectivity index (χ4v) is 1.65.